The van der Waals surface area contributed by atoms with Crippen LogP contribution in [0.5, 0.6) is 0 Å². The molecule has 6 heteroatoms. The Balaban J connectivity index is 2.10. The Kier molecular flexibility index (Phi) is 5.73. The van der Waals surface area contributed by atoms with E-state index in [9.17, 15) is 14.4 Å². The second kappa shape index (κ2) is 7.76. The Morgan fingerprint density at radius 2 is 1.96 bits per heavy atom. The normalized spacial score (nSPS) is 21.4. The molecule has 2 rings (SSSR count). The van der Waals surface area contributed by atoms with Crippen LogP contribution in [0.3, 0.4) is 0 Å². The van der Waals surface area contributed by atoms with E-state index in [0.29, 0.717) is 24.8 Å². The van der Waals surface area contributed by atoms with E-state index in [1.165, 1.54) is 0 Å². The molecule has 1 amide bonds. The summed E-state index contributed by atoms with van der Waals surface area (Å²) in [6, 6.07) is 7.79. The van der Waals surface area contributed by atoms with Crippen LogP contribution in [0.2, 0.25) is 0 Å². The van der Waals surface area contributed by atoms with E-state index in [1.54, 1.807) is 37.3 Å². The molecule has 0 bridgehead atoms. The van der Waals surface area contributed by atoms with E-state index in [-0.39, 0.29) is 18.4 Å². The fraction of sp³-hybridized carbons (Fsp3) is 0.471. The van der Waals surface area contributed by atoms with Gasteiger partial charge >= 0.3 is 11.9 Å². The number of ether oxygens (including phenoxy) is 1. The van der Waals surface area contributed by atoms with Crippen LogP contribution in [0.25, 0.3) is 0 Å². The highest BCUT2D eigenvalue weighted by Gasteiger charge is 2.39. The zero-order valence-corrected chi connectivity index (χ0v) is 13.0. The summed E-state index contributed by atoms with van der Waals surface area (Å²) < 4.78 is 5.05. The summed E-state index contributed by atoms with van der Waals surface area (Å²) in [6.07, 6.45) is 1.46. The van der Waals surface area contributed by atoms with Gasteiger partial charge in [0.2, 0.25) is 0 Å². The fourth-order valence-corrected chi connectivity index (χ4v) is 2.96. The Morgan fingerprint density at radius 1 is 1.26 bits per heavy atom. The van der Waals surface area contributed by atoms with Crippen molar-refractivity contribution in [3.8, 4) is 0 Å². The molecule has 1 fully saturated rings. The minimum Gasteiger partial charge on any atom is -0.481 e. The number of carbonyl (C=O) groups excluding carboxylic acids is 2. The molecule has 0 aliphatic heterocycles. The van der Waals surface area contributed by atoms with Gasteiger partial charge in [-0.25, -0.2) is 4.79 Å². The molecule has 0 spiro atoms. The molecule has 1 aromatic carbocycles. The molecule has 1 aliphatic rings. The number of esters is 1. The average Bonchev–Trinajstić information content (AvgIpc) is 3.03. The first-order valence-corrected chi connectivity index (χ1v) is 7.78. The van der Waals surface area contributed by atoms with Crippen molar-refractivity contribution >= 4 is 17.8 Å². The minimum atomic E-state index is -0.857. The van der Waals surface area contributed by atoms with Crippen molar-refractivity contribution in [3.05, 3.63) is 35.9 Å². The van der Waals surface area contributed by atoms with Gasteiger partial charge in [0.05, 0.1) is 12.5 Å². The predicted octanol–water partition coefficient (Wildman–Crippen LogP) is 1.85. The number of carbonyl (C=O) groups is 3. The molecule has 0 unspecified atom stereocenters. The lowest BCUT2D eigenvalue weighted by molar-refractivity contribution is -0.147. The summed E-state index contributed by atoms with van der Waals surface area (Å²) in [5.41, 5.74) is 0.453. The minimum absolute atomic E-state index is 0.214. The summed E-state index contributed by atoms with van der Waals surface area (Å²) in [5.74, 6) is -2.41. The highest BCUT2D eigenvalue weighted by atomic mass is 16.5. The van der Waals surface area contributed by atoms with Gasteiger partial charge < -0.3 is 15.2 Å². The van der Waals surface area contributed by atoms with E-state index in [4.69, 9.17) is 9.84 Å². The van der Waals surface area contributed by atoms with Crippen LogP contribution in [0.4, 0.5) is 0 Å². The van der Waals surface area contributed by atoms with Crippen LogP contribution in [0.1, 0.15) is 36.5 Å². The number of nitrogens with one attached hydrogen (secondary N) is 1. The molecule has 0 radical (unpaired) electrons. The lowest BCUT2D eigenvalue weighted by atomic mass is 9.96. The van der Waals surface area contributed by atoms with E-state index in [0.717, 1.165) is 0 Å². The first-order chi connectivity index (χ1) is 11.0. The number of carboxylic acids is 1. The quantitative estimate of drug-likeness (QED) is 0.781. The molecule has 3 atom stereocenters. The van der Waals surface area contributed by atoms with Crippen molar-refractivity contribution < 1.29 is 24.2 Å². The maximum atomic E-state index is 12.3. The third-order valence-corrected chi connectivity index (χ3v) is 4.16. The molecule has 0 aromatic heterocycles. The Morgan fingerprint density at radius 3 is 2.52 bits per heavy atom. The number of aliphatic carboxylic acids is 1. The van der Waals surface area contributed by atoms with Crippen molar-refractivity contribution in [1.29, 1.82) is 0 Å². The van der Waals surface area contributed by atoms with Crippen molar-refractivity contribution in [2.24, 2.45) is 11.8 Å². The van der Waals surface area contributed by atoms with Crippen LogP contribution in [-0.2, 0) is 14.3 Å². The standard InChI is InChI=1S/C17H21NO5/c1-2-23-17(22)14(12-8-9-13(10-12)16(20)21)18-15(19)11-6-4-3-5-7-11/h3-7,12-14H,2,8-10H2,1H3,(H,18,19)(H,20,21)/t12-,13+,14-/m1/s1. The monoisotopic (exact) mass is 319 g/mol. The summed E-state index contributed by atoms with van der Waals surface area (Å²) in [7, 11) is 0. The van der Waals surface area contributed by atoms with Crippen LogP contribution in [0, 0.1) is 11.8 Å². The third-order valence-electron chi connectivity index (χ3n) is 4.16. The number of amides is 1. The van der Waals surface area contributed by atoms with Gasteiger partial charge in [-0.15, -0.1) is 0 Å². The molecule has 0 heterocycles. The Hall–Kier alpha value is -2.37. The van der Waals surface area contributed by atoms with Crippen molar-refractivity contribution in [1.82, 2.24) is 5.32 Å². The summed E-state index contributed by atoms with van der Waals surface area (Å²) in [4.78, 5) is 35.6. The largest absolute Gasteiger partial charge is 0.481 e. The lowest BCUT2D eigenvalue weighted by Gasteiger charge is -2.23. The highest BCUT2D eigenvalue weighted by Crippen LogP contribution is 2.33. The van der Waals surface area contributed by atoms with Crippen LogP contribution >= 0.6 is 0 Å². The maximum absolute atomic E-state index is 12.3. The summed E-state index contributed by atoms with van der Waals surface area (Å²) in [5, 5.41) is 11.8. The molecule has 23 heavy (non-hydrogen) atoms. The molecule has 6 nitrogen and oxygen atoms in total. The molecule has 1 aliphatic carbocycles. The van der Waals surface area contributed by atoms with Gasteiger partial charge in [0.1, 0.15) is 6.04 Å². The van der Waals surface area contributed by atoms with Crippen LogP contribution < -0.4 is 5.32 Å². The van der Waals surface area contributed by atoms with Crippen LogP contribution in [0.15, 0.2) is 30.3 Å². The van der Waals surface area contributed by atoms with Crippen molar-refractivity contribution in [2.75, 3.05) is 6.61 Å². The van der Waals surface area contributed by atoms with E-state index in [2.05, 4.69) is 5.32 Å². The van der Waals surface area contributed by atoms with E-state index >= 15 is 0 Å². The van der Waals surface area contributed by atoms with Gasteiger partial charge in [-0.2, -0.15) is 0 Å². The topological polar surface area (TPSA) is 92.7 Å². The number of hydrogen-bond acceptors (Lipinski definition) is 4. The zero-order chi connectivity index (χ0) is 16.8. The summed E-state index contributed by atoms with van der Waals surface area (Å²) >= 11 is 0. The Labute approximate surface area is 134 Å². The smallest absolute Gasteiger partial charge is 0.328 e. The maximum Gasteiger partial charge on any atom is 0.328 e. The van der Waals surface area contributed by atoms with Gasteiger partial charge in [0.15, 0.2) is 0 Å². The zero-order valence-electron chi connectivity index (χ0n) is 13.0. The first-order valence-electron chi connectivity index (χ1n) is 7.78. The van der Waals surface area contributed by atoms with E-state index < -0.39 is 23.9 Å². The van der Waals surface area contributed by atoms with Gasteiger partial charge in [-0.05, 0) is 44.2 Å². The predicted molar refractivity (Wildman–Crippen MR) is 82.8 cm³/mol. The van der Waals surface area contributed by atoms with Crippen molar-refractivity contribution in [3.63, 3.8) is 0 Å². The second-order valence-corrected chi connectivity index (χ2v) is 5.68. The van der Waals surface area contributed by atoms with Crippen LogP contribution in [-0.4, -0.2) is 35.6 Å². The van der Waals surface area contributed by atoms with Crippen molar-refractivity contribution in [2.45, 2.75) is 32.2 Å². The van der Waals surface area contributed by atoms with Gasteiger partial charge in [0.25, 0.3) is 5.91 Å². The fourth-order valence-electron chi connectivity index (χ4n) is 2.96. The van der Waals surface area contributed by atoms with E-state index in [1.807, 2.05) is 0 Å². The number of rotatable bonds is 6. The summed E-state index contributed by atoms with van der Waals surface area (Å²) in [6.45, 7) is 1.91. The average molecular weight is 319 g/mol. The molecule has 124 valence electrons. The molecular weight excluding hydrogens is 298 g/mol. The molecule has 1 aromatic rings. The first kappa shape index (κ1) is 17.0. The second-order valence-electron chi connectivity index (χ2n) is 5.68. The number of carboxylic acid groups (broad SMARTS) is 1. The third kappa shape index (κ3) is 4.31. The van der Waals surface area contributed by atoms with Gasteiger partial charge in [-0.1, -0.05) is 18.2 Å². The Bertz CT molecular complexity index is 572. The lowest BCUT2D eigenvalue weighted by Crippen LogP contribution is -2.46. The number of hydrogen-bond donors (Lipinski definition) is 2. The highest BCUT2D eigenvalue weighted by molar-refractivity contribution is 5.96. The molecule has 1 saturated carbocycles. The van der Waals surface area contributed by atoms with Gasteiger partial charge in [-0.3, -0.25) is 9.59 Å². The number of benzene rings is 1. The van der Waals surface area contributed by atoms with Gasteiger partial charge in [0, 0.05) is 5.56 Å². The SMILES string of the molecule is CCOC(=O)[C@H](NC(=O)c1ccccc1)[C@@H]1CC[C@H](C(=O)O)C1. The molecule has 0 saturated heterocycles. The molecule has 2 N–H and O–H groups in total. The molecular formula is C17H21NO5.